The van der Waals surface area contributed by atoms with Crippen molar-refractivity contribution in [3.05, 3.63) is 71.8 Å². The smallest absolute Gasteiger partial charge is 0.000963 e. The Morgan fingerprint density at radius 2 is 1.19 bits per heavy atom. The lowest BCUT2D eigenvalue weighted by Crippen LogP contribution is -2.10. The van der Waals surface area contributed by atoms with Gasteiger partial charge in [0.05, 0.1) is 0 Å². The molecule has 80 valence electrons. The van der Waals surface area contributed by atoms with Gasteiger partial charge in [0.25, 0.3) is 0 Å². The van der Waals surface area contributed by atoms with E-state index < -0.39 is 0 Å². The lowest BCUT2D eigenvalue weighted by molar-refractivity contribution is 0.714. The first-order valence-electron chi connectivity index (χ1n) is 6.02. The van der Waals surface area contributed by atoms with Gasteiger partial charge in [-0.2, -0.15) is 0 Å². The van der Waals surface area contributed by atoms with Gasteiger partial charge in [-0.25, -0.2) is 0 Å². The Bertz CT molecular complexity index is 420. The predicted octanol–water partition coefficient (Wildman–Crippen LogP) is 3.70. The van der Waals surface area contributed by atoms with Crippen molar-refractivity contribution in [3.63, 3.8) is 0 Å². The topological polar surface area (TPSA) is 0 Å². The molecule has 16 heavy (non-hydrogen) atoms. The summed E-state index contributed by atoms with van der Waals surface area (Å²) < 4.78 is 0. The Morgan fingerprint density at radius 3 is 1.69 bits per heavy atom. The van der Waals surface area contributed by atoms with E-state index in [1.807, 2.05) is 0 Å². The largest absolute Gasteiger partial charge is 0.0807 e. The van der Waals surface area contributed by atoms with E-state index in [0.29, 0.717) is 11.8 Å². The highest BCUT2D eigenvalue weighted by molar-refractivity contribution is 5.33. The molecule has 0 spiro atoms. The number of benzene rings is 1. The molecule has 1 aromatic carbocycles. The Labute approximate surface area is 97.0 Å². The fourth-order valence-corrected chi connectivity index (χ4v) is 2.56. The van der Waals surface area contributed by atoms with Crippen LogP contribution in [0, 0.1) is 11.8 Å². The molecule has 0 amide bonds. The molecule has 2 atom stereocenters. The molecule has 0 saturated carbocycles. The normalized spacial score (nSPS) is 32.8. The quantitative estimate of drug-likeness (QED) is 0.570. The summed E-state index contributed by atoms with van der Waals surface area (Å²) in [6, 6.07) is 8.86. The van der Waals surface area contributed by atoms with Gasteiger partial charge in [0.15, 0.2) is 0 Å². The molecule has 0 N–H and O–H groups in total. The number of hydrogen-bond acceptors (Lipinski definition) is 0. The number of hydrogen-bond donors (Lipinski definition) is 0. The molecule has 0 saturated heterocycles. The highest BCUT2D eigenvalue weighted by atomic mass is 14.2. The fraction of sp³-hybridized carbons (Fsp3) is 0.250. The fourth-order valence-electron chi connectivity index (χ4n) is 2.56. The molecule has 2 aliphatic carbocycles. The van der Waals surface area contributed by atoms with E-state index >= 15 is 0 Å². The van der Waals surface area contributed by atoms with Gasteiger partial charge in [0, 0.05) is 0 Å². The molecule has 2 bridgehead atoms. The SMILES string of the molecule is C1=C\[C@@H]2/C=C\[C@H](\C=C/1)Cc1ccccc1C2. The maximum absolute atomic E-state index is 2.36. The first kappa shape index (κ1) is 9.65. The lowest BCUT2D eigenvalue weighted by atomic mass is 9.85. The molecule has 0 aromatic heterocycles. The Morgan fingerprint density at radius 1 is 0.688 bits per heavy atom. The van der Waals surface area contributed by atoms with Gasteiger partial charge >= 0.3 is 0 Å². The van der Waals surface area contributed by atoms with E-state index in [0.717, 1.165) is 12.8 Å². The van der Waals surface area contributed by atoms with Crippen molar-refractivity contribution < 1.29 is 0 Å². The second-order valence-electron chi connectivity index (χ2n) is 4.66. The molecule has 0 nitrogen and oxygen atoms in total. The van der Waals surface area contributed by atoms with Crippen LogP contribution in [0.1, 0.15) is 11.1 Å². The van der Waals surface area contributed by atoms with Crippen LogP contribution in [0.2, 0.25) is 0 Å². The predicted molar refractivity (Wildman–Crippen MR) is 68.3 cm³/mol. The van der Waals surface area contributed by atoms with Crippen molar-refractivity contribution in [3.8, 4) is 0 Å². The van der Waals surface area contributed by atoms with E-state index in [1.54, 1.807) is 0 Å². The lowest BCUT2D eigenvalue weighted by Gasteiger charge is -2.20. The molecule has 0 heterocycles. The summed E-state index contributed by atoms with van der Waals surface area (Å²) in [6.45, 7) is 0. The summed E-state index contributed by atoms with van der Waals surface area (Å²) in [7, 11) is 0. The van der Waals surface area contributed by atoms with E-state index in [2.05, 4.69) is 60.7 Å². The Hall–Kier alpha value is -1.56. The van der Waals surface area contributed by atoms with Crippen molar-refractivity contribution in [2.75, 3.05) is 0 Å². The average molecular weight is 208 g/mol. The Kier molecular flexibility index (Phi) is 2.49. The van der Waals surface area contributed by atoms with Gasteiger partial charge in [-0.1, -0.05) is 60.7 Å². The van der Waals surface area contributed by atoms with E-state index in [-0.39, 0.29) is 0 Å². The molecule has 0 radical (unpaired) electrons. The van der Waals surface area contributed by atoms with Crippen LogP contribution in [-0.2, 0) is 12.8 Å². The highest BCUT2D eigenvalue weighted by Gasteiger charge is 2.14. The van der Waals surface area contributed by atoms with Gasteiger partial charge in [-0.3, -0.25) is 0 Å². The maximum atomic E-state index is 2.36. The Balaban J connectivity index is 2.06. The third-order valence-corrected chi connectivity index (χ3v) is 3.46. The third kappa shape index (κ3) is 1.88. The van der Waals surface area contributed by atoms with E-state index in [9.17, 15) is 0 Å². The second kappa shape index (κ2) is 4.13. The number of fused-ring (bicyclic) bond motifs is 3. The van der Waals surface area contributed by atoms with E-state index in [1.165, 1.54) is 11.1 Å². The van der Waals surface area contributed by atoms with Crippen LogP contribution in [0.4, 0.5) is 0 Å². The van der Waals surface area contributed by atoms with Crippen LogP contribution in [0.3, 0.4) is 0 Å². The van der Waals surface area contributed by atoms with Gasteiger partial charge < -0.3 is 0 Å². The molecule has 0 fully saturated rings. The van der Waals surface area contributed by atoms with Gasteiger partial charge in [0.1, 0.15) is 0 Å². The molecule has 2 aliphatic rings. The van der Waals surface area contributed by atoms with Crippen LogP contribution in [0.15, 0.2) is 60.7 Å². The zero-order valence-electron chi connectivity index (χ0n) is 9.34. The summed E-state index contributed by atoms with van der Waals surface area (Å²) in [5, 5.41) is 0. The van der Waals surface area contributed by atoms with Gasteiger partial charge in [-0.05, 0) is 35.8 Å². The van der Waals surface area contributed by atoms with Crippen molar-refractivity contribution in [2.45, 2.75) is 12.8 Å². The molecular formula is C16H16. The van der Waals surface area contributed by atoms with Crippen molar-refractivity contribution in [1.82, 2.24) is 0 Å². The second-order valence-corrected chi connectivity index (χ2v) is 4.66. The summed E-state index contributed by atoms with van der Waals surface area (Å²) in [5.41, 5.74) is 3.03. The van der Waals surface area contributed by atoms with Crippen molar-refractivity contribution in [2.24, 2.45) is 11.8 Å². The number of rotatable bonds is 0. The number of allylic oxidation sites excluding steroid dienone is 6. The minimum absolute atomic E-state index is 0.564. The minimum atomic E-state index is 0.564. The summed E-state index contributed by atoms with van der Waals surface area (Å²) in [4.78, 5) is 0. The maximum Gasteiger partial charge on any atom is -0.000963 e. The third-order valence-electron chi connectivity index (χ3n) is 3.46. The van der Waals surface area contributed by atoms with E-state index in [4.69, 9.17) is 0 Å². The first-order valence-corrected chi connectivity index (χ1v) is 6.02. The van der Waals surface area contributed by atoms with Crippen LogP contribution in [0.25, 0.3) is 0 Å². The molecule has 0 unspecified atom stereocenters. The van der Waals surface area contributed by atoms with Crippen molar-refractivity contribution >= 4 is 0 Å². The molecule has 0 aliphatic heterocycles. The van der Waals surface area contributed by atoms with Gasteiger partial charge in [0.2, 0.25) is 0 Å². The molecule has 1 aromatic rings. The zero-order valence-corrected chi connectivity index (χ0v) is 9.34. The molecule has 0 heteroatoms. The van der Waals surface area contributed by atoms with Crippen LogP contribution in [0.5, 0.6) is 0 Å². The first-order chi connectivity index (χ1) is 7.92. The molecule has 3 rings (SSSR count). The minimum Gasteiger partial charge on any atom is -0.0807 e. The summed E-state index contributed by atoms with van der Waals surface area (Å²) in [6.07, 6.45) is 16.0. The van der Waals surface area contributed by atoms with Crippen LogP contribution in [-0.4, -0.2) is 0 Å². The summed E-state index contributed by atoms with van der Waals surface area (Å²) >= 11 is 0. The summed E-state index contributed by atoms with van der Waals surface area (Å²) in [5.74, 6) is 1.13. The molecular weight excluding hydrogens is 192 g/mol. The zero-order chi connectivity index (χ0) is 10.8. The van der Waals surface area contributed by atoms with Crippen molar-refractivity contribution in [1.29, 1.82) is 0 Å². The van der Waals surface area contributed by atoms with Gasteiger partial charge in [-0.15, -0.1) is 0 Å². The average Bonchev–Trinajstić information content (AvgIpc) is 2.27. The standard InChI is InChI=1S/C16H16/c1-2-6-14-10-9-13(5-1)11-15-7-3-4-8-16(15)12-14/h1-10,13-14H,11-12H2/b5-1-,6-2-,10-9-/t13-,14+. The highest BCUT2D eigenvalue weighted by Crippen LogP contribution is 2.25. The monoisotopic (exact) mass is 208 g/mol. The van der Waals surface area contributed by atoms with Crippen LogP contribution >= 0.6 is 0 Å². The van der Waals surface area contributed by atoms with Crippen LogP contribution < -0.4 is 0 Å².